The van der Waals surface area contributed by atoms with Gasteiger partial charge in [-0.1, -0.05) is 20.3 Å². The summed E-state index contributed by atoms with van der Waals surface area (Å²) in [5.74, 6) is 2.56. The largest absolute Gasteiger partial charge is 0.316 e. The van der Waals surface area contributed by atoms with E-state index < -0.39 is 0 Å². The molecule has 1 fully saturated rings. The Hall–Kier alpha value is -0.340. The average Bonchev–Trinajstić information content (AvgIpc) is 2.77. The van der Waals surface area contributed by atoms with Crippen molar-refractivity contribution in [3.8, 4) is 0 Å². The van der Waals surface area contributed by atoms with Gasteiger partial charge in [0, 0.05) is 4.88 Å². The minimum atomic E-state index is 0.804. The van der Waals surface area contributed by atoms with Crippen LogP contribution in [0.2, 0.25) is 0 Å². The van der Waals surface area contributed by atoms with Crippen LogP contribution in [0, 0.1) is 18.8 Å². The van der Waals surface area contributed by atoms with Crippen molar-refractivity contribution in [3.63, 3.8) is 0 Å². The molecule has 3 unspecified atom stereocenters. The van der Waals surface area contributed by atoms with Gasteiger partial charge in [0.2, 0.25) is 0 Å². The number of nitrogens with one attached hydrogen (secondary N) is 1. The topological polar surface area (TPSA) is 12.0 Å². The predicted molar refractivity (Wildman–Crippen MR) is 81.5 cm³/mol. The standard InChI is InChI=1S/C16H27NS/c1-4-8-17-11-14-6-5-12(2)10-15(14)16-13(3)7-9-18-16/h7,9,12,14-15,17H,4-6,8,10-11H2,1-3H3. The van der Waals surface area contributed by atoms with Gasteiger partial charge in [-0.25, -0.2) is 0 Å². The Morgan fingerprint density at radius 1 is 1.39 bits per heavy atom. The molecule has 0 aliphatic heterocycles. The average molecular weight is 265 g/mol. The van der Waals surface area contributed by atoms with Crippen molar-refractivity contribution in [1.29, 1.82) is 0 Å². The quantitative estimate of drug-likeness (QED) is 0.769. The molecule has 2 heteroatoms. The first kappa shape index (κ1) is 14.1. The fourth-order valence-corrected chi connectivity index (χ4v) is 4.37. The van der Waals surface area contributed by atoms with Crippen molar-refractivity contribution in [2.45, 2.75) is 52.4 Å². The van der Waals surface area contributed by atoms with Gasteiger partial charge in [-0.15, -0.1) is 11.3 Å². The predicted octanol–water partition coefficient (Wildman–Crippen LogP) is 4.58. The van der Waals surface area contributed by atoms with Crippen LogP contribution >= 0.6 is 11.3 Å². The molecular formula is C16H27NS. The van der Waals surface area contributed by atoms with Crippen LogP contribution in [0.4, 0.5) is 0 Å². The maximum absolute atomic E-state index is 3.64. The summed E-state index contributed by atoms with van der Waals surface area (Å²) < 4.78 is 0. The van der Waals surface area contributed by atoms with E-state index in [9.17, 15) is 0 Å². The molecule has 1 aromatic heterocycles. The lowest BCUT2D eigenvalue weighted by Gasteiger charge is -2.35. The van der Waals surface area contributed by atoms with Crippen LogP contribution in [0.5, 0.6) is 0 Å². The number of rotatable bonds is 5. The molecular weight excluding hydrogens is 238 g/mol. The molecule has 0 aromatic carbocycles. The molecule has 102 valence electrons. The second kappa shape index (κ2) is 6.72. The molecule has 1 aliphatic rings. The minimum absolute atomic E-state index is 0.804. The van der Waals surface area contributed by atoms with E-state index in [1.165, 1.54) is 44.3 Å². The maximum Gasteiger partial charge on any atom is 0.0109 e. The molecule has 0 radical (unpaired) electrons. The Morgan fingerprint density at radius 2 is 2.22 bits per heavy atom. The Balaban J connectivity index is 2.04. The minimum Gasteiger partial charge on any atom is -0.316 e. The van der Waals surface area contributed by atoms with Gasteiger partial charge >= 0.3 is 0 Å². The van der Waals surface area contributed by atoms with Crippen molar-refractivity contribution >= 4 is 11.3 Å². The van der Waals surface area contributed by atoms with E-state index in [4.69, 9.17) is 0 Å². The Bertz CT molecular complexity index is 358. The van der Waals surface area contributed by atoms with Crippen LogP contribution in [0.25, 0.3) is 0 Å². The molecule has 1 aliphatic carbocycles. The van der Waals surface area contributed by atoms with E-state index in [1.807, 2.05) is 11.3 Å². The summed E-state index contributed by atoms with van der Waals surface area (Å²) in [6, 6.07) is 2.29. The normalized spacial score (nSPS) is 28.5. The van der Waals surface area contributed by atoms with Gasteiger partial charge in [0.15, 0.2) is 0 Å². The highest BCUT2D eigenvalue weighted by atomic mass is 32.1. The van der Waals surface area contributed by atoms with E-state index in [0.717, 1.165) is 17.8 Å². The highest BCUT2D eigenvalue weighted by Gasteiger charge is 2.30. The molecule has 0 spiro atoms. The van der Waals surface area contributed by atoms with Crippen LogP contribution < -0.4 is 5.32 Å². The molecule has 0 amide bonds. The zero-order chi connectivity index (χ0) is 13.0. The van der Waals surface area contributed by atoms with Crippen LogP contribution in [0.15, 0.2) is 11.4 Å². The van der Waals surface area contributed by atoms with E-state index in [1.54, 1.807) is 4.88 Å². The zero-order valence-electron chi connectivity index (χ0n) is 12.0. The summed E-state index contributed by atoms with van der Waals surface area (Å²) in [6.45, 7) is 9.33. The lowest BCUT2D eigenvalue weighted by Crippen LogP contribution is -2.31. The molecule has 1 heterocycles. The lowest BCUT2D eigenvalue weighted by molar-refractivity contribution is 0.244. The Kier molecular flexibility index (Phi) is 5.25. The highest BCUT2D eigenvalue weighted by molar-refractivity contribution is 7.10. The number of thiophene rings is 1. The van der Waals surface area contributed by atoms with Gasteiger partial charge in [-0.3, -0.25) is 0 Å². The molecule has 3 atom stereocenters. The molecule has 18 heavy (non-hydrogen) atoms. The third kappa shape index (κ3) is 3.36. The molecule has 0 saturated heterocycles. The van der Waals surface area contributed by atoms with Crippen molar-refractivity contribution in [3.05, 3.63) is 21.9 Å². The van der Waals surface area contributed by atoms with Crippen molar-refractivity contribution in [2.75, 3.05) is 13.1 Å². The second-order valence-corrected chi connectivity index (χ2v) is 6.90. The SMILES string of the molecule is CCCNCC1CCC(C)CC1c1sccc1C. The molecule has 1 N–H and O–H groups in total. The molecule has 2 rings (SSSR count). The number of hydrogen-bond acceptors (Lipinski definition) is 2. The zero-order valence-corrected chi connectivity index (χ0v) is 12.9. The second-order valence-electron chi connectivity index (χ2n) is 5.96. The summed E-state index contributed by atoms with van der Waals surface area (Å²) >= 11 is 1.97. The first-order valence-corrected chi connectivity index (χ1v) is 8.35. The summed E-state index contributed by atoms with van der Waals surface area (Å²) in [4.78, 5) is 1.66. The van der Waals surface area contributed by atoms with E-state index in [0.29, 0.717) is 0 Å². The van der Waals surface area contributed by atoms with E-state index >= 15 is 0 Å². The van der Waals surface area contributed by atoms with Crippen molar-refractivity contribution in [2.24, 2.45) is 11.8 Å². The van der Waals surface area contributed by atoms with Gasteiger partial charge in [-0.05, 0) is 74.0 Å². The Morgan fingerprint density at radius 3 is 2.89 bits per heavy atom. The smallest absolute Gasteiger partial charge is 0.0109 e. The van der Waals surface area contributed by atoms with Gasteiger partial charge in [-0.2, -0.15) is 0 Å². The van der Waals surface area contributed by atoms with Crippen molar-refractivity contribution in [1.82, 2.24) is 5.32 Å². The van der Waals surface area contributed by atoms with Gasteiger partial charge in [0.05, 0.1) is 0 Å². The fraction of sp³-hybridized carbons (Fsp3) is 0.750. The summed E-state index contributed by atoms with van der Waals surface area (Å²) in [5.41, 5.74) is 1.51. The van der Waals surface area contributed by atoms with Crippen LogP contribution in [0.1, 0.15) is 55.9 Å². The molecule has 1 saturated carbocycles. The third-order valence-corrected chi connectivity index (χ3v) is 5.48. The van der Waals surface area contributed by atoms with E-state index in [2.05, 4.69) is 37.5 Å². The third-order valence-electron chi connectivity index (χ3n) is 4.33. The van der Waals surface area contributed by atoms with Gasteiger partial charge < -0.3 is 5.32 Å². The van der Waals surface area contributed by atoms with Gasteiger partial charge in [0.25, 0.3) is 0 Å². The first-order valence-electron chi connectivity index (χ1n) is 7.47. The van der Waals surface area contributed by atoms with Crippen LogP contribution in [-0.2, 0) is 0 Å². The lowest BCUT2D eigenvalue weighted by atomic mass is 9.73. The number of hydrogen-bond donors (Lipinski definition) is 1. The summed E-state index contributed by atoms with van der Waals surface area (Å²) in [7, 11) is 0. The fourth-order valence-electron chi connectivity index (χ4n) is 3.24. The summed E-state index contributed by atoms with van der Waals surface area (Å²) in [5, 5.41) is 5.90. The maximum atomic E-state index is 3.64. The Labute approximate surface area is 116 Å². The number of aryl methyl sites for hydroxylation is 1. The summed E-state index contributed by atoms with van der Waals surface area (Å²) in [6.07, 6.45) is 5.45. The molecule has 0 bridgehead atoms. The first-order chi connectivity index (χ1) is 8.72. The monoisotopic (exact) mass is 265 g/mol. The van der Waals surface area contributed by atoms with Crippen LogP contribution in [0.3, 0.4) is 0 Å². The van der Waals surface area contributed by atoms with Gasteiger partial charge in [0.1, 0.15) is 0 Å². The highest BCUT2D eigenvalue weighted by Crippen LogP contribution is 2.43. The van der Waals surface area contributed by atoms with E-state index in [-0.39, 0.29) is 0 Å². The van der Waals surface area contributed by atoms with Crippen LogP contribution in [-0.4, -0.2) is 13.1 Å². The molecule has 1 aromatic rings. The molecule has 1 nitrogen and oxygen atoms in total. The van der Waals surface area contributed by atoms with Crippen molar-refractivity contribution < 1.29 is 0 Å².